The van der Waals surface area contributed by atoms with Gasteiger partial charge in [0.1, 0.15) is 13.1 Å². The number of anilines is 1. The van der Waals surface area contributed by atoms with Crippen molar-refractivity contribution in [3.8, 4) is 0 Å². The van der Waals surface area contributed by atoms with Crippen molar-refractivity contribution in [1.82, 2.24) is 0 Å². The molecule has 0 atom stereocenters. The zero-order chi connectivity index (χ0) is 18.5. The predicted octanol–water partition coefficient (Wildman–Crippen LogP) is 4.35. The van der Waals surface area contributed by atoms with E-state index in [-0.39, 0.29) is 13.1 Å². The Morgan fingerprint density at radius 1 is 0.800 bits per heavy atom. The first-order chi connectivity index (χ1) is 12.0. The van der Waals surface area contributed by atoms with E-state index in [4.69, 9.17) is 10.2 Å². The second-order valence-electron chi connectivity index (χ2n) is 6.53. The molecule has 5 nitrogen and oxygen atoms in total. The van der Waals surface area contributed by atoms with Crippen LogP contribution in [0.25, 0.3) is 0 Å². The molecule has 25 heavy (non-hydrogen) atoms. The van der Waals surface area contributed by atoms with Gasteiger partial charge in [-0.15, -0.1) is 0 Å². The molecule has 0 saturated carbocycles. The molecular formula is C20H31NO4. The molecule has 0 aromatic heterocycles. The van der Waals surface area contributed by atoms with E-state index in [9.17, 15) is 9.59 Å². The van der Waals surface area contributed by atoms with Gasteiger partial charge < -0.3 is 15.1 Å². The number of hydrogen-bond acceptors (Lipinski definition) is 3. The van der Waals surface area contributed by atoms with Crippen molar-refractivity contribution in [1.29, 1.82) is 0 Å². The number of benzene rings is 1. The van der Waals surface area contributed by atoms with Crippen LogP contribution in [0.1, 0.15) is 63.9 Å². The molecular weight excluding hydrogens is 318 g/mol. The van der Waals surface area contributed by atoms with Crippen LogP contribution in [0, 0.1) is 0 Å². The Hall–Kier alpha value is -2.04. The van der Waals surface area contributed by atoms with E-state index < -0.39 is 11.9 Å². The molecule has 1 aromatic carbocycles. The Morgan fingerprint density at radius 2 is 1.28 bits per heavy atom. The normalized spacial score (nSPS) is 10.6. The van der Waals surface area contributed by atoms with Crippen molar-refractivity contribution in [3.63, 3.8) is 0 Å². The van der Waals surface area contributed by atoms with E-state index in [1.807, 2.05) is 24.3 Å². The van der Waals surface area contributed by atoms with Gasteiger partial charge in [-0.1, -0.05) is 64.0 Å². The van der Waals surface area contributed by atoms with Crippen molar-refractivity contribution < 1.29 is 19.8 Å². The van der Waals surface area contributed by atoms with Crippen LogP contribution in [-0.2, 0) is 16.0 Å². The van der Waals surface area contributed by atoms with E-state index in [1.165, 1.54) is 55.4 Å². The fourth-order valence-corrected chi connectivity index (χ4v) is 2.90. The summed E-state index contributed by atoms with van der Waals surface area (Å²) in [5.74, 6) is -2.08. The molecule has 0 aliphatic heterocycles. The van der Waals surface area contributed by atoms with Gasteiger partial charge in [0, 0.05) is 5.69 Å². The zero-order valence-corrected chi connectivity index (χ0v) is 15.2. The minimum Gasteiger partial charge on any atom is -0.480 e. The first-order valence-corrected chi connectivity index (χ1v) is 9.30. The molecule has 0 amide bonds. The van der Waals surface area contributed by atoms with E-state index in [2.05, 4.69) is 6.92 Å². The number of aliphatic carboxylic acids is 2. The smallest absolute Gasteiger partial charge is 0.323 e. The van der Waals surface area contributed by atoms with Gasteiger partial charge in [0.25, 0.3) is 0 Å². The van der Waals surface area contributed by atoms with Crippen LogP contribution < -0.4 is 4.90 Å². The summed E-state index contributed by atoms with van der Waals surface area (Å²) < 4.78 is 0. The van der Waals surface area contributed by atoms with Gasteiger partial charge in [0.15, 0.2) is 0 Å². The average Bonchev–Trinajstić information content (AvgIpc) is 2.56. The number of carboxylic acid groups (broad SMARTS) is 2. The highest BCUT2D eigenvalue weighted by Gasteiger charge is 2.14. The minimum absolute atomic E-state index is 0.316. The van der Waals surface area contributed by atoms with Gasteiger partial charge in [0.05, 0.1) is 0 Å². The molecule has 0 fully saturated rings. The van der Waals surface area contributed by atoms with Crippen LogP contribution in [-0.4, -0.2) is 35.2 Å². The highest BCUT2D eigenvalue weighted by molar-refractivity contribution is 5.79. The standard InChI is InChI=1S/C20H31NO4/c1-2-3-4-5-6-7-8-9-10-17-11-13-18(14-12-17)21(15-19(22)23)16-20(24)25/h11-14H,2-10,15-16H2,1H3,(H,22,23)(H,24,25). The highest BCUT2D eigenvalue weighted by atomic mass is 16.4. The second kappa shape index (κ2) is 12.3. The molecule has 0 aliphatic carbocycles. The Bertz CT molecular complexity index is 497. The summed E-state index contributed by atoms with van der Waals surface area (Å²) in [4.78, 5) is 23.1. The topological polar surface area (TPSA) is 77.8 Å². The molecule has 0 aliphatic rings. The first-order valence-electron chi connectivity index (χ1n) is 9.30. The monoisotopic (exact) mass is 349 g/mol. The van der Waals surface area contributed by atoms with Gasteiger partial charge >= 0.3 is 11.9 Å². The molecule has 2 N–H and O–H groups in total. The lowest BCUT2D eigenvalue weighted by atomic mass is 10.0. The van der Waals surface area contributed by atoms with Crippen molar-refractivity contribution in [3.05, 3.63) is 29.8 Å². The van der Waals surface area contributed by atoms with Crippen LogP contribution >= 0.6 is 0 Å². The summed E-state index contributed by atoms with van der Waals surface area (Å²) in [6.07, 6.45) is 11.3. The summed E-state index contributed by atoms with van der Waals surface area (Å²) in [5, 5.41) is 17.8. The number of rotatable bonds is 14. The zero-order valence-electron chi connectivity index (χ0n) is 15.2. The third kappa shape index (κ3) is 9.75. The maximum absolute atomic E-state index is 10.9. The van der Waals surface area contributed by atoms with Gasteiger partial charge in [-0.3, -0.25) is 9.59 Å². The second-order valence-corrected chi connectivity index (χ2v) is 6.53. The van der Waals surface area contributed by atoms with Gasteiger partial charge in [-0.2, -0.15) is 0 Å². The average molecular weight is 349 g/mol. The molecule has 1 rings (SSSR count). The number of nitrogens with zero attached hydrogens (tertiary/aromatic N) is 1. The maximum Gasteiger partial charge on any atom is 0.323 e. The molecule has 1 aromatic rings. The van der Waals surface area contributed by atoms with Gasteiger partial charge in [-0.05, 0) is 30.5 Å². The maximum atomic E-state index is 10.9. The minimum atomic E-state index is -1.04. The highest BCUT2D eigenvalue weighted by Crippen LogP contribution is 2.17. The number of aryl methyl sites for hydroxylation is 1. The Morgan fingerprint density at radius 3 is 1.76 bits per heavy atom. The van der Waals surface area contributed by atoms with Crippen molar-refractivity contribution in [2.24, 2.45) is 0 Å². The summed E-state index contributed by atoms with van der Waals surface area (Å²) in [5.41, 5.74) is 1.84. The lowest BCUT2D eigenvalue weighted by molar-refractivity contribution is -0.136. The van der Waals surface area contributed by atoms with Crippen molar-refractivity contribution in [2.45, 2.75) is 64.7 Å². The number of carbonyl (C=O) groups is 2. The van der Waals surface area contributed by atoms with Crippen LogP contribution in [0.15, 0.2) is 24.3 Å². The van der Waals surface area contributed by atoms with E-state index >= 15 is 0 Å². The van der Waals surface area contributed by atoms with Crippen LogP contribution in [0.4, 0.5) is 5.69 Å². The summed E-state index contributed by atoms with van der Waals surface area (Å²) in [6, 6.07) is 7.55. The predicted molar refractivity (Wildman–Crippen MR) is 100 cm³/mol. The lowest BCUT2D eigenvalue weighted by Crippen LogP contribution is -2.34. The Kier molecular flexibility index (Phi) is 10.4. The van der Waals surface area contributed by atoms with Gasteiger partial charge in [0.2, 0.25) is 0 Å². The van der Waals surface area contributed by atoms with E-state index in [0.29, 0.717) is 5.69 Å². The van der Waals surface area contributed by atoms with Crippen LogP contribution in [0.2, 0.25) is 0 Å². The summed E-state index contributed by atoms with van der Waals surface area (Å²) >= 11 is 0. The first kappa shape index (κ1) is 21.0. The lowest BCUT2D eigenvalue weighted by Gasteiger charge is -2.20. The number of unbranched alkanes of at least 4 members (excludes halogenated alkanes) is 7. The van der Waals surface area contributed by atoms with Crippen LogP contribution in [0.5, 0.6) is 0 Å². The molecule has 5 heteroatoms. The SMILES string of the molecule is CCCCCCCCCCc1ccc(N(CC(=O)O)CC(=O)O)cc1. The quantitative estimate of drug-likeness (QED) is 0.488. The fourth-order valence-electron chi connectivity index (χ4n) is 2.90. The van der Waals surface area contributed by atoms with Crippen LogP contribution in [0.3, 0.4) is 0 Å². The Balaban J connectivity index is 2.36. The molecule has 0 saturated heterocycles. The van der Waals surface area contributed by atoms with Crippen molar-refractivity contribution in [2.75, 3.05) is 18.0 Å². The van der Waals surface area contributed by atoms with Gasteiger partial charge in [-0.25, -0.2) is 0 Å². The molecule has 0 bridgehead atoms. The third-order valence-corrected chi connectivity index (χ3v) is 4.27. The van der Waals surface area contributed by atoms with E-state index in [1.54, 1.807) is 0 Å². The third-order valence-electron chi connectivity index (χ3n) is 4.27. The number of hydrogen-bond donors (Lipinski definition) is 2. The largest absolute Gasteiger partial charge is 0.480 e. The molecule has 0 radical (unpaired) electrons. The molecule has 0 spiro atoms. The summed E-state index contributed by atoms with van der Waals surface area (Å²) in [7, 11) is 0. The summed E-state index contributed by atoms with van der Waals surface area (Å²) in [6.45, 7) is 1.60. The number of carboxylic acids is 2. The fraction of sp³-hybridized carbons (Fsp3) is 0.600. The molecule has 0 heterocycles. The van der Waals surface area contributed by atoms with E-state index in [0.717, 1.165) is 12.8 Å². The molecule has 0 unspecified atom stereocenters. The molecule has 140 valence electrons. The van der Waals surface area contributed by atoms with Crippen molar-refractivity contribution >= 4 is 17.6 Å². The Labute approximate surface area is 150 Å².